The monoisotopic (exact) mass is 484 g/mol. The van der Waals surface area contributed by atoms with Gasteiger partial charge in [0.1, 0.15) is 5.60 Å². The third kappa shape index (κ3) is 3.00. The molecule has 35 heavy (non-hydrogen) atoms. The van der Waals surface area contributed by atoms with E-state index in [1.165, 1.54) is 0 Å². The van der Waals surface area contributed by atoms with Gasteiger partial charge in [0.05, 0.1) is 6.10 Å². The highest BCUT2D eigenvalue weighted by Crippen LogP contribution is 2.77. The van der Waals surface area contributed by atoms with Gasteiger partial charge in [0.15, 0.2) is 18.0 Å². The summed E-state index contributed by atoms with van der Waals surface area (Å²) in [6.45, 7) is 9.24. The molecule has 1 heterocycles. The van der Waals surface area contributed by atoms with E-state index in [-0.39, 0.29) is 53.7 Å². The Bertz CT molecular complexity index is 1060. The zero-order valence-corrected chi connectivity index (χ0v) is 21.3. The van der Waals surface area contributed by atoms with Crippen molar-refractivity contribution in [3.8, 4) is 0 Å². The van der Waals surface area contributed by atoms with Gasteiger partial charge in [0, 0.05) is 29.6 Å². The van der Waals surface area contributed by atoms with Crippen molar-refractivity contribution < 1.29 is 33.4 Å². The van der Waals surface area contributed by atoms with Crippen LogP contribution in [0, 0.1) is 28.6 Å². The highest BCUT2D eigenvalue weighted by Gasteiger charge is 2.83. The molecule has 1 saturated heterocycles. The van der Waals surface area contributed by atoms with Crippen LogP contribution >= 0.6 is 0 Å². The van der Waals surface area contributed by atoms with E-state index < -0.39 is 35.2 Å². The van der Waals surface area contributed by atoms with Crippen molar-refractivity contribution in [2.75, 3.05) is 6.61 Å². The number of esters is 2. The van der Waals surface area contributed by atoms with Crippen molar-refractivity contribution in [1.29, 1.82) is 0 Å². The van der Waals surface area contributed by atoms with Gasteiger partial charge in [-0.25, -0.2) is 0 Å². The maximum absolute atomic E-state index is 13.9. The number of hydrogen-bond acceptors (Lipinski definition) is 7. The smallest absolute Gasteiger partial charge is 0.306 e. The Hall–Kier alpha value is -2.28. The predicted octanol–water partition coefficient (Wildman–Crippen LogP) is 3.89. The summed E-state index contributed by atoms with van der Waals surface area (Å²) in [4.78, 5) is 50.5. The summed E-state index contributed by atoms with van der Waals surface area (Å²) in [5.41, 5.74) is -1.64. The Morgan fingerprint density at radius 1 is 1.11 bits per heavy atom. The molecule has 7 heteroatoms. The SMILES string of the molecule is CCC(=O)OCC(=O)C1(OC(=O)CC)C(C)CC2C3CCC4=CC(=O)C=CC4(C)[C@]34O[C@@H]4CC21C. The molecule has 5 rings (SSSR count). The van der Waals surface area contributed by atoms with E-state index in [2.05, 4.69) is 13.8 Å². The molecule has 3 saturated carbocycles. The summed E-state index contributed by atoms with van der Waals surface area (Å²) >= 11 is 0. The van der Waals surface area contributed by atoms with E-state index in [4.69, 9.17) is 14.2 Å². The molecule has 0 radical (unpaired) electrons. The number of carbonyl (C=O) groups excluding carboxylic acids is 4. The minimum Gasteiger partial charge on any atom is -0.457 e. The van der Waals surface area contributed by atoms with Crippen LogP contribution in [-0.4, -0.2) is 47.4 Å². The molecule has 4 aliphatic carbocycles. The molecule has 5 aliphatic rings. The lowest BCUT2D eigenvalue weighted by atomic mass is 9.46. The van der Waals surface area contributed by atoms with Gasteiger partial charge >= 0.3 is 11.9 Å². The fourth-order valence-corrected chi connectivity index (χ4v) is 8.44. The summed E-state index contributed by atoms with van der Waals surface area (Å²) in [5.74, 6) is -1.14. The van der Waals surface area contributed by atoms with E-state index >= 15 is 0 Å². The molecule has 4 fully saturated rings. The van der Waals surface area contributed by atoms with Crippen LogP contribution in [-0.2, 0) is 33.4 Å². The average molecular weight is 485 g/mol. The normalized spacial score (nSPS) is 44.8. The van der Waals surface area contributed by atoms with Crippen LogP contribution in [0.3, 0.4) is 0 Å². The van der Waals surface area contributed by atoms with Gasteiger partial charge in [-0.05, 0) is 56.6 Å². The van der Waals surface area contributed by atoms with E-state index in [0.29, 0.717) is 6.42 Å². The van der Waals surface area contributed by atoms with Crippen molar-refractivity contribution >= 4 is 23.5 Å². The van der Waals surface area contributed by atoms with Crippen LogP contribution in [0.2, 0.25) is 0 Å². The van der Waals surface area contributed by atoms with Gasteiger partial charge in [-0.1, -0.05) is 39.3 Å². The molecule has 0 aromatic heterocycles. The maximum atomic E-state index is 13.9. The highest BCUT2D eigenvalue weighted by atomic mass is 16.6. The van der Waals surface area contributed by atoms with Gasteiger partial charge in [-0.2, -0.15) is 0 Å². The van der Waals surface area contributed by atoms with Crippen molar-refractivity contribution in [2.24, 2.45) is 28.6 Å². The second kappa shape index (κ2) is 7.86. The van der Waals surface area contributed by atoms with Crippen molar-refractivity contribution in [3.05, 3.63) is 23.8 Å². The third-order valence-electron chi connectivity index (χ3n) is 10.1. The lowest BCUT2D eigenvalue weighted by molar-refractivity contribution is -0.194. The summed E-state index contributed by atoms with van der Waals surface area (Å²) < 4.78 is 18.0. The molecule has 0 aromatic rings. The zero-order valence-electron chi connectivity index (χ0n) is 21.3. The Labute approximate surface area is 206 Å². The van der Waals surface area contributed by atoms with Gasteiger partial charge < -0.3 is 14.2 Å². The lowest BCUT2D eigenvalue weighted by Crippen LogP contribution is -2.63. The van der Waals surface area contributed by atoms with Gasteiger partial charge in [-0.15, -0.1) is 0 Å². The molecular weight excluding hydrogens is 448 g/mol. The summed E-state index contributed by atoms with van der Waals surface area (Å²) in [5, 5.41) is 0. The third-order valence-corrected chi connectivity index (χ3v) is 10.1. The second-order valence-electron chi connectivity index (χ2n) is 11.5. The number of rotatable bonds is 6. The van der Waals surface area contributed by atoms with Crippen LogP contribution < -0.4 is 0 Å². The van der Waals surface area contributed by atoms with Crippen molar-refractivity contribution in [2.45, 2.75) is 90.4 Å². The van der Waals surface area contributed by atoms with Crippen LogP contribution in [0.5, 0.6) is 0 Å². The highest BCUT2D eigenvalue weighted by molar-refractivity contribution is 6.01. The molecule has 0 bridgehead atoms. The summed E-state index contributed by atoms with van der Waals surface area (Å²) in [7, 11) is 0. The first-order chi connectivity index (χ1) is 16.5. The van der Waals surface area contributed by atoms with E-state index in [9.17, 15) is 19.2 Å². The van der Waals surface area contributed by atoms with Crippen LogP contribution in [0.4, 0.5) is 0 Å². The van der Waals surface area contributed by atoms with Crippen molar-refractivity contribution in [1.82, 2.24) is 0 Å². The van der Waals surface area contributed by atoms with Gasteiger partial charge in [0.2, 0.25) is 5.78 Å². The fraction of sp³-hybridized carbons (Fsp3) is 0.714. The topological polar surface area (TPSA) is 99.3 Å². The number of epoxide rings is 1. The molecule has 0 amide bonds. The Balaban J connectivity index is 1.55. The zero-order chi connectivity index (χ0) is 25.4. The molecule has 190 valence electrons. The molecule has 8 atom stereocenters. The number of ether oxygens (including phenoxy) is 3. The number of hydrogen-bond donors (Lipinski definition) is 0. The first kappa shape index (κ1) is 24.4. The molecule has 7 nitrogen and oxygen atoms in total. The number of allylic oxidation sites excluding steroid dienone is 2. The number of fused-ring (bicyclic) bond motifs is 3. The molecule has 0 aromatic carbocycles. The van der Waals surface area contributed by atoms with Crippen LogP contribution in [0.25, 0.3) is 0 Å². The average Bonchev–Trinajstić information content (AvgIpc) is 3.50. The molecular formula is C28H36O7. The first-order valence-corrected chi connectivity index (χ1v) is 13.0. The molecule has 1 spiro atoms. The Kier molecular flexibility index (Phi) is 5.48. The number of Topliss-reactive ketones (excluding diaryl/α,β-unsaturated/α-hetero) is 1. The largest absolute Gasteiger partial charge is 0.457 e. The Morgan fingerprint density at radius 3 is 2.51 bits per heavy atom. The second-order valence-corrected chi connectivity index (χ2v) is 11.5. The lowest BCUT2D eigenvalue weighted by Gasteiger charge is -2.56. The minimum absolute atomic E-state index is 0.0254. The van der Waals surface area contributed by atoms with Crippen molar-refractivity contribution in [3.63, 3.8) is 0 Å². The molecule has 0 N–H and O–H groups in total. The number of ketones is 2. The molecule has 6 unspecified atom stereocenters. The Morgan fingerprint density at radius 2 is 1.83 bits per heavy atom. The van der Waals surface area contributed by atoms with E-state index in [1.807, 2.05) is 13.0 Å². The number of carbonyl (C=O) groups is 4. The van der Waals surface area contributed by atoms with Crippen LogP contribution in [0.15, 0.2) is 23.8 Å². The van der Waals surface area contributed by atoms with E-state index in [1.54, 1.807) is 26.0 Å². The standard InChI is InChI=1S/C28H36O7/c1-6-23(31)33-15-21(30)27(35-24(32)7-2)16(3)12-20-19-9-8-17-13-18(29)10-11-25(17,4)28(19)22(34-28)14-26(20,27)5/h10-11,13,16,19-20,22H,6-9,12,14-15H2,1-5H3/t16?,19?,20?,22-,25?,26?,27?,28+/m1/s1. The maximum Gasteiger partial charge on any atom is 0.306 e. The fourth-order valence-electron chi connectivity index (χ4n) is 8.44. The van der Waals surface area contributed by atoms with E-state index in [0.717, 1.165) is 24.8 Å². The predicted molar refractivity (Wildman–Crippen MR) is 126 cm³/mol. The van der Waals surface area contributed by atoms with Gasteiger partial charge in [0.25, 0.3) is 0 Å². The van der Waals surface area contributed by atoms with Gasteiger partial charge in [-0.3, -0.25) is 19.2 Å². The summed E-state index contributed by atoms with van der Waals surface area (Å²) in [6, 6.07) is 0. The van der Waals surface area contributed by atoms with Crippen LogP contribution in [0.1, 0.15) is 73.1 Å². The summed E-state index contributed by atoms with van der Waals surface area (Å²) in [6.07, 6.45) is 8.66. The quantitative estimate of drug-likeness (QED) is 0.417. The molecule has 1 aliphatic heterocycles. The first-order valence-electron chi connectivity index (χ1n) is 13.0. The minimum atomic E-state index is -1.37.